The van der Waals surface area contributed by atoms with Crippen molar-refractivity contribution in [2.75, 3.05) is 19.0 Å². The van der Waals surface area contributed by atoms with E-state index in [1.807, 2.05) is 50.2 Å². The molecule has 0 radical (unpaired) electrons. The molecule has 1 aromatic heterocycles. The normalized spacial score (nSPS) is 11.4. The van der Waals surface area contributed by atoms with Gasteiger partial charge in [0.1, 0.15) is 23.9 Å². The van der Waals surface area contributed by atoms with Gasteiger partial charge in [-0.1, -0.05) is 0 Å². The molecule has 1 atom stereocenters. The Morgan fingerprint density at radius 2 is 1.91 bits per heavy atom. The number of benzene rings is 1. The number of pyridine rings is 1. The highest BCUT2D eigenvalue weighted by atomic mass is 32.1. The number of hydrogen-bond donors (Lipinski definition) is 2. The minimum absolute atomic E-state index is 0.0573. The molecule has 5 nitrogen and oxygen atoms in total. The highest BCUT2D eigenvalue weighted by Crippen LogP contribution is 2.17. The Labute approximate surface area is 142 Å². The predicted molar refractivity (Wildman–Crippen MR) is 96.3 cm³/mol. The number of methoxy groups -OCH3 is 1. The van der Waals surface area contributed by atoms with Crippen LogP contribution in [-0.2, 0) is 0 Å². The fourth-order valence-electron chi connectivity index (χ4n) is 1.92. The molecule has 0 saturated heterocycles. The standard InChI is InChI=1S/C17H21N3O2S/c1-12-8-9-18-16(10-12)20-17(23)19-13(2)11-22-15-6-4-14(21-3)5-7-15/h4-10,13H,11H2,1-3H3,(H2,18,19,20,23)/t13-/m1/s1. The van der Waals surface area contributed by atoms with Crippen LogP contribution in [0.3, 0.4) is 0 Å². The largest absolute Gasteiger partial charge is 0.497 e. The van der Waals surface area contributed by atoms with E-state index in [-0.39, 0.29) is 6.04 Å². The van der Waals surface area contributed by atoms with Gasteiger partial charge in [-0.3, -0.25) is 0 Å². The summed E-state index contributed by atoms with van der Waals surface area (Å²) in [5.74, 6) is 2.32. The number of hydrogen-bond acceptors (Lipinski definition) is 4. The van der Waals surface area contributed by atoms with Gasteiger partial charge in [0.05, 0.1) is 13.2 Å². The zero-order valence-corrected chi connectivity index (χ0v) is 14.3. The van der Waals surface area contributed by atoms with Crippen LogP contribution >= 0.6 is 12.2 Å². The first-order valence-electron chi connectivity index (χ1n) is 7.34. The number of anilines is 1. The van der Waals surface area contributed by atoms with Crippen molar-refractivity contribution < 1.29 is 9.47 Å². The molecule has 0 unspecified atom stereocenters. The zero-order valence-electron chi connectivity index (χ0n) is 13.5. The summed E-state index contributed by atoms with van der Waals surface area (Å²) in [4.78, 5) is 4.22. The van der Waals surface area contributed by atoms with E-state index in [1.54, 1.807) is 13.3 Å². The van der Waals surface area contributed by atoms with Gasteiger partial charge in [0, 0.05) is 6.20 Å². The molecule has 2 aromatic rings. The second-order valence-electron chi connectivity index (χ2n) is 5.20. The third-order valence-electron chi connectivity index (χ3n) is 3.09. The molecule has 1 aromatic carbocycles. The van der Waals surface area contributed by atoms with E-state index >= 15 is 0 Å². The van der Waals surface area contributed by atoms with Crippen molar-refractivity contribution >= 4 is 23.1 Å². The van der Waals surface area contributed by atoms with E-state index in [1.165, 1.54) is 0 Å². The van der Waals surface area contributed by atoms with Crippen molar-refractivity contribution in [3.8, 4) is 11.5 Å². The average molecular weight is 331 g/mol. The molecule has 2 rings (SSSR count). The summed E-state index contributed by atoms with van der Waals surface area (Å²) in [6.45, 7) is 4.51. The predicted octanol–water partition coefficient (Wildman–Crippen LogP) is 3.15. The number of aryl methyl sites for hydroxylation is 1. The van der Waals surface area contributed by atoms with Gasteiger partial charge in [-0.15, -0.1) is 0 Å². The molecule has 0 aliphatic heterocycles. The summed E-state index contributed by atoms with van der Waals surface area (Å²) in [5, 5.41) is 6.76. The van der Waals surface area contributed by atoms with Gasteiger partial charge in [-0.2, -0.15) is 0 Å². The molecule has 1 heterocycles. The second kappa shape index (κ2) is 8.33. The fourth-order valence-corrected chi connectivity index (χ4v) is 2.22. The lowest BCUT2D eigenvalue weighted by atomic mass is 10.3. The summed E-state index contributed by atoms with van der Waals surface area (Å²) >= 11 is 5.28. The van der Waals surface area contributed by atoms with E-state index in [9.17, 15) is 0 Å². The first-order chi connectivity index (χ1) is 11.1. The quantitative estimate of drug-likeness (QED) is 0.793. The van der Waals surface area contributed by atoms with Crippen LogP contribution in [0.5, 0.6) is 11.5 Å². The Morgan fingerprint density at radius 1 is 1.22 bits per heavy atom. The fraction of sp³-hybridized carbons (Fsp3) is 0.294. The molecule has 0 spiro atoms. The first kappa shape index (κ1) is 17.0. The average Bonchev–Trinajstić information content (AvgIpc) is 2.53. The molecular weight excluding hydrogens is 310 g/mol. The van der Waals surface area contributed by atoms with Gasteiger partial charge in [-0.05, 0) is 68.0 Å². The number of nitrogens with zero attached hydrogens (tertiary/aromatic N) is 1. The summed E-state index contributed by atoms with van der Waals surface area (Å²) < 4.78 is 10.8. The van der Waals surface area contributed by atoms with Crippen LogP contribution in [0.25, 0.3) is 0 Å². The summed E-state index contributed by atoms with van der Waals surface area (Å²) in [6.07, 6.45) is 1.75. The molecule has 0 aliphatic rings. The molecule has 0 amide bonds. The van der Waals surface area contributed by atoms with Crippen LogP contribution in [-0.4, -0.2) is 29.9 Å². The van der Waals surface area contributed by atoms with Crippen molar-refractivity contribution in [2.24, 2.45) is 0 Å². The molecule has 23 heavy (non-hydrogen) atoms. The number of aromatic nitrogens is 1. The van der Waals surface area contributed by atoms with Gasteiger partial charge in [-0.25, -0.2) is 4.98 Å². The summed E-state index contributed by atoms with van der Waals surface area (Å²) in [7, 11) is 1.64. The van der Waals surface area contributed by atoms with Crippen LogP contribution in [0.1, 0.15) is 12.5 Å². The maximum Gasteiger partial charge on any atom is 0.172 e. The van der Waals surface area contributed by atoms with Crippen molar-refractivity contribution in [1.82, 2.24) is 10.3 Å². The van der Waals surface area contributed by atoms with Crippen LogP contribution in [0.2, 0.25) is 0 Å². The zero-order chi connectivity index (χ0) is 16.7. The Hall–Kier alpha value is -2.34. The third-order valence-corrected chi connectivity index (χ3v) is 3.31. The van der Waals surface area contributed by atoms with E-state index in [0.29, 0.717) is 11.7 Å². The van der Waals surface area contributed by atoms with E-state index in [4.69, 9.17) is 21.7 Å². The molecule has 0 bridgehead atoms. The van der Waals surface area contributed by atoms with Crippen molar-refractivity contribution in [3.05, 3.63) is 48.2 Å². The Kier molecular flexibility index (Phi) is 6.17. The topological polar surface area (TPSA) is 55.4 Å². The van der Waals surface area contributed by atoms with Gasteiger partial charge in [0.15, 0.2) is 5.11 Å². The molecule has 0 aliphatic carbocycles. The lowest BCUT2D eigenvalue weighted by molar-refractivity contribution is 0.286. The second-order valence-corrected chi connectivity index (χ2v) is 5.61. The minimum atomic E-state index is 0.0573. The van der Waals surface area contributed by atoms with Crippen molar-refractivity contribution in [3.63, 3.8) is 0 Å². The van der Waals surface area contributed by atoms with Crippen LogP contribution in [0.15, 0.2) is 42.6 Å². The van der Waals surface area contributed by atoms with Crippen LogP contribution in [0.4, 0.5) is 5.82 Å². The molecule has 2 N–H and O–H groups in total. The van der Waals surface area contributed by atoms with Gasteiger partial charge >= 0.3 is 0 Å². The maximum absolute atomic E-state index is 5.72. The van der Waals surface area contributed by atoms with Crippen molar-refractivity contribution in [1.29, 1.82) is 0 Å². The Morgan fingerprint density at radius 3 is 2.57 bits per heavy atom. The highest BCUT2D eigenvalue weighted by Gasteiger charge is 2.06. The van der Waals surface area contributed by atoms with Crippen molar-refractivity contribution in [2.45, 2.75) is 19.9 Å². The third kappa shape index (κ3) is 5.75. The number of thiocarbonyl (C=S) groups is 1. The van der Waals surface area contributed by atoms with Gasteiger partial charge in [0.2, 0.25) is 0 Å². The SMILES string of the molecule is COc1ccc(OC[C@@H](C)NC(=S)Nc2cc(C)ccn2)cc1. The van der Waals surface area contributed by atoms with Gasteiger partial charge < -0.3 is 20.1 Å². The number of ether oxygens (including phenoxy) is 2. The maximum atomic E-state index is 5.72. The summed E-state index contributed by atoms with van der Waals surface area (Å²) in [5.41, 5.74) is 1.13. The number of nitrogens with one attached hydrogen (secondary N) is 2. The molecule has 122 valence electrons. The minimum Gasteiger partial charge on any atom is -0.497 e. The lowest BCUT2D eigenvalue weighted by Crippen LogP contribution is -2.39. The van der Waals surface area contributed by atoms with E-state index < -0.39 is 0 Å². The molecular formula is C17H21N3O2S. The van der Waals surface area contributed by atoms with E-state index in [0.717, 1.165) is 22.9 Å². The molecule has 0 saturated carbocycles. The van der Waals surface area contributed by atoms with Crippen LogP contribution in [0, 0.1) is 6.92 Å². The highest BCUT2D eigenvalue weighted by molar-refractivity contribution is 7.80. The van der Waals surface area contributed by atoms with Gasteiger partial charge in [0.25, 0.3) is 0 Å². The number of rotatable bonds is 6. The molecule has 0 fully saturated rings. The summed E-state index contributed by atoms with van der Waals surface area (Å²) in [6, 6.07) is 11.4. The Balaban J connectivity index is 1.77. The van der Waals surface area contributed by atoms with E-state index in [2.05, 4.69) is 15.6 Å². The first-order valence-corrected chi connectivity index (χ1v) is 7.74. The monoisotopic (exact) mass is 331 g/mol. The van der Waals surface area contributed by atoms with Crippen LogP contribution < -0.4 is 20.1 Å². The molecule has 6 heteroatoms. The smallest absolute Gasteiger partial charge is 0.172 e. The Bertz CT molecular complexity index is 647. The lowest BCUT2D eigenvalue weighted by Gasteiger charge is -2.17.